The Morgan fingerprint density at radius 2 is 2.09 bits per heavy atom. The smallest absolute Gasteiger partial charge is 0.0799 e. The van der Waals surface area contributed by atoms with Crippen LogP contribution in [0, 0.1) is 11.8 Å². The van der Waals surface area contributed by atoms with E-state index in [1.165, 1.54) is 12.8 Å². The highest BCUT2D eigenvalue weighted by Gasteiger charge is 2.42. The van der Waals surface area contributed by atoms with Crippen LogP contribution >= 0.6 is 0 Å². The quantitative estimate of drug-likeness (QED) is 0.642. The van der Waals surface area contributed by atoms with Crippen molar-refractivity contribution in [2.75, 3.05) is 6.54 Å². The summed E-state index contributed by atoms with van der Waals surface area (Å²) in [5.74, 6) is 1.04. The molecule has 0 radical (unpaired) electrons. The zero-order valence-electron chi connectivity index (χ0n) is 7.51. The van der Waals surface area contributed by atoms with Gasteiger partial charge >= 0.3 is 0 Å². The van der Waals surface area contributed by atoms with Crippen LogP contribution in [0.1, 0.15) is 33.1 Å². The predicted octanol–water partition coefficient (Wildman–Crippen LogP) is 1.13. The van der Waals surface area contributed by atoms with Gasteiger partial charge in [0.25, 0.3) is 0 Å². The van der Waals surface area contributed by atoms with Gasteiger partial charge in [-0.1, -0.05) is 13.8 Å². The van der Waals surface area contributed by atoms with Crippen LogP contribution in [0.2, 0.25) is 0 Å². The summed E-state index contributed by atoms with van der Waals surface area (Å²) in [5, 5.41) is 10.0. The van der Waals surface area contributed by atoms with Gasteiger partial charge in [0.2, 0.25) is 0 Å². The summed E-state index contributed by atoms with van der Waals surface area (Å²) in [4.78, 5) is 0. The Morgan fingerprint density at radius 3 is 2.36 bits per heavy atom. The molecule has 1 rings (SSSR count). The van der Waals surface area contributed by atoms with Crippen LogP contribution in [0.4, 0.5) is 0 Å². The molecule has 2 heteroatoms. The van der Waals surface area contributed by atoms with Gasteiger partial charge in [0.05, 0.1) is 5.60 Å². The Bertz CT molecular complexity index is 132. The minimum Gasteiger partial charge on any atom is -0.388 e. The Hall–Kier alpha value is -0.0800. The van der Waals surface area contributed by atoms with Crippen molar-refractivity contribution in [3.05, 3.63) is 0 Å². The van der Waals surface area contributed by atoms with Crippen LogP contribution in [-0.2, 0) is 0 Å². The summed E-state index contributed by atoms with van der Waals surface area (Å²) >= 11 is 0. The molecule has 0 bridgehead atoms. The van der Waals surface area contributed by atoms with E-state index in [0.29, 0.717) is 18.4 Å². The third-order valence-electron chi connectivity index (χ3n) is 2.45. The average molecular weight is 157 g/mol. The van der Waals surface area contributed by atoms with Crippen molar-refractivity contribution in [1.29, 1.82) is 0 Å². The van der Waals surface area contributed by atoms with E-state index in [0.717, 1.165) is 6.42 Å². The lowest BCUT2D eigenvalue weighted by Crippen LogP contribution is -2.41. The van der Waals surface area contributed by atoms with Gasteiger partial charge in [-0.25, -0.2) is 0 Å². The number of aliphatic hydroxyl groups is 1. The maximum Gasteiger partial charge on any atom is 0.0799 e. The molecule has 3 N–H and O–H groups in total. The summed E-state index contributed by atoms with van der Waals surface area (Å²) < 4.78 is 0. The standard InChI is InChI=1S/C9H19NO/c1-7(2)5-9(11,6-10)8-3-4-8/h7-8,11H,3-6,10H2,1-2H3. The molecule has 1 fully saturated rings. The molecule has 0 aromatic carbocycles. The van der Waals surface area contributed by atoms with Crippen LogP contribution < -0.4 is 5.73 Å². The minimum atomic E-state index is -0.547. The van der Waals surface area contributed by atoms with Crippen LogP contribution in [0.15, 0.2) is 0 Å². The molecule has 0 aromatic rings. The molecular formula is C9H19NO. The van der Waals surface area contributed by atoms with Crippen molar-refractivity contribution in [1.82, 2.24) is 0 Å². The van der Waals surface area contributed by atoms with E-state index in [1.54, 1.807) is 0 Å². The molecule has 0 amide bonds. The van der Waals surface area contributed by atoms with Gasteiger partial charge in [0.1, 0.15) is 0 Å². The molecule has 0 spiro atoms. The normalized spacial score (nSPS) is 23.7. The highest BCUT2D eigenvalue weighted by Crippen LogP contribution is 2.42. The zero-order chi connectivity index (χ0) is 8.48. The van der Waals surface area contributed by atoms with Gasteiger partial charge in [0.15, 0.2) is 0 Å². The summed E-state index contributed by atoms with van der Waals surface area (Å²) in [6.07, 6.45) is 3.19. The summed E-state index contributed by atoms with van der Waals surface area (Å²) in [6, 6.07) is 0. The third kappa shape index (κ3) is 2.17. The van der Waals surface area contributed by atoms with Crippen LogP contribution in [0.5, 0.6) is 0 Å². The Labute approximate surface area is 68.8 Å². The molecule has 1 saturated carbocycles. The molecule has 0 heterocycles. The van der Waals surface area contributed by atoms with Crippen molar-refractivity contribution >= 4 is 0 Å². The Balaban J connectivity index is 2.44. The lowest BCUT2D eigenvalue weighted by Gasteiger charge is -2.28. The predicted molar refractivity (Wildman–Crippen MR) is 46.2 cm³/mol. The van der Waals surface area contributed by atoms with E-state index in [4.69, 9.17) is 5.73 Å². The first-order chi connectivity index (χ1) is 5.08. The van der Waals surface area contributed by atoms with E-state index in [1.807, 2.05) is 0 Å². The number of hydrogen-bond acceptors (Lipinski definition) is 2. The first-order valence-electron chi connectivity index (χ1n) is 4.51. The van der Waals surface area contributed by atoms with Crippen LogP contribution in [-0.4, -0.2) is 17.3 Å². The van der Waals surface area contributed by atoms with Crippen LogP contribution in [0.25, 0.3) is 0 Å². The van der Waals surface area contributed by atoms with E-state index in [-0.39, 0.29) is 0 Å². The van der Waals surface area contributed by atoms with Gasteiger partial charge in [-0.15, -0.1) is 0 Å². The largest absolute Gasteiger partial charge is 0.388 e. The fourth-order valence-corrected chi connectivity index (χ4v) is 1.74. The topological polar surface area (TPSA) is 46.2 Å². The van der Waals surface area contributed by atoms with Crippen LogP contribution in [0.3, 0.4) is 0 Å². The monoisotopic (exact) mass is 157 g/mol. The van der Waals surface area contributed by atoms with Crippen molar-refractivity contribution in [3.8, 4) is 0 Å². The molecule has 1 unspecified atom stereocenters. The first-order valence-corrected chi connectivity index (χ1v) is 4.51. The van der Waals surface area contributed by atoms with Crippen molar-refractivity contribution in [2.24, 2.45) is 17.6 Å². The fourth-order valence-electron chi connectivity index (χ4n) is 1.74. The zero-order valence-corrected chi connectivity index (χ0v) is 7.51. The van der Waals surface area contributed by atoms with Gasteiger partial charge in [0, 0.05) is 6.54 Å². The Kier molecular flexibility index (Phi) is 2.55. The van der Waals surface area contributed by atoms with Gasteiger partial charge in [-0.2, -0.15) is 0 Å². The summed E-state index contributed by atoms with van der Waals surface area (Å²) in [5.41, 5.74) is 5.00. The van der Waals surface area contributed by atoms with E-state index in [9.17, 15) is 5.11 Å². The molecule has 11 heavy (non-hydrogen) atoms. The average Bonchev–Trinajstić information content (AvgIpc) is 2.66. The SMILES string of the molecule is CC(C)CC(O)(CN)C1CC1. The highest BCUT2D eigenvalue weighted by molar-refractivity contribution is 4.95. The summed E-state index contributed by atoms with van der Waals surface area (Å²) in [6.45, 7) is 4.68. The molecule has 66 valence electrons. The molecular weight excluding hydrogens is 138 g/mol. The molecule has 0 aromatic heterocycles. The number of hydrogen-bond donors (Lipinski definition) is 2. The molecule has 2 nitrogen and oxygen atoms in total. The van der Waals surface area contributed by atoms with Crippen molar-refractivity contribution in [2.45, 2.75) is 38.7 Å². The van der Waals surface area contributed by atoms with Gasteiger partial charge < -0.3 is 10.8 Å². The van der Waals surface area contributed by atoms with E-state index < -0.39 is 5.60 Å². The Morgan fingerprint density at radius 1 is 1.55 bits per heavy atom. The molecule has 0 saturated heterocycles. The second-order valence-electron chi connectivity index (χ2n) is 4.18. The maximum absolute atomic E-state index is 10.0. The lowest BCUT2D eigenvalue weighted by atomic mass is 9.88. The van der Waals surface area contributed by atoms with Gasteiger partial charge in [-0.05, 0) is 31.1 Å². The first kappa shape index (κ1) is 9.01. The van der Waals surface area contributed by atoms with Gasteiger partial charge in [-0.3, -0.25) is 0 Å². The second-order valence-corrected chi connectivity index (χ2v) is 4.18. The third-order valence-corrected chi connectivity index (χ3v) is 2.45. The highest BCUT2D eigenvalue weighted by atomic mass is 16.3. The van der Waals surface area contributed by atoms with E-state index >= 15 is 0 Å². The molecule has 1 aliphatic rings. The van der Waals surface area contributed by atoms with Crippen molar-refractivity contribution in [3.63, 3.8) is 0 Å². The van der Waals surface area contributed by atoms with E-state index in [2.05, 4.69) is 13.8 Å². The lowest BCUT2D eigenvalue weighted by molar-refractivity contribution is 0.00658. The molecule has 1 atom stereocenters. The molecule has 0 aliphatic heterocycles. The number of rotatable bonds is 4. The molecule has 1 aliphatic carbocycles. The minimum absolute atomic E-state index is 0.426. The fraction of sp³-hybridized carbons (Fsp3) is 1.00. The number of nitrogens with two attached hydrogens (primary N) is 1. The maximum atomic E-state index is 10.0. The summed E-state index contributed by atoms with van der Waals surface area (Å²) in [7, 11) is 0. The second kappa shape index (κ2) is 3.11. The van der Waals surface area contributed by atoms with Crippen molar-refractivity contribution < 1.29 is 5.11 Å².